The van der Waals surface area contributed by atoms with E-state index in [1.54, 1.807) is 0 Å². The lowest BCUT2D eigenvalue weighted by Crippen LogP contribution is -2.15. The van der Waals surface area contributed by atoms with Crippen molar-refractivity contribution in [2.75, 3.05) is 16.9 Å². The quantitative estimate of drug-likeness (QED) is 0.251. The average molecular weight is 520 g/mol. The molecule has 2 N–H and O–H groups in total. The number of nitrogens with zero attached hydrogens (tertiary/aromatic N) is 3. The number of hydrogen-bond acceptors (Lipinski definition) is 10. The number of nitro benzene ring substituents is 2. The van der Waals surface area contributed by atoms with Crippen molar-refractivity contribution in [1.29, 1.82) is 0 Å². The summed E-state index contributed by atoms with van der Waals surface area (Å²) in [6.45, 7) is -0.0873. The van der Waals surface area contributed by atoms with Gasteiger partial charge in [-0.25, -0.2) is 8.42 Å². The first-order valence-electron chi connectivity index (χ1n) is 9.58. The molecule has 1 heterocycles. The topological polar surface area (TPSA) is 175 Å². The molecule has 35 heavy (non-hydrogen) atoms. The first-order chi connectivity index (χ1) is 16.6. The van der Waals surface area contributed by atoms with Gasteiger partial charge >= 0.3 is 0 Å². The summed E-state index contributed by atoms with van der Waals surface area (Å²) in [6.07, 6.45) is 1.09. The van der Waals surface area contributed by atoms with Crippen molar-refractivity contribution in [3.8, 4) is 11.5 Å². The lowest BCUT2D eigenvalue weighted by Gasteiger charge is -2.12. The number of hydrogen-bond donors (Lipinski definition) is 2. The van der Waals surface area contributed by atoms with Crippen molar-refractivity contribution in [1.82, 2.24) is 0 Å². The van der Waals surface area contributed by atoms with Crippen LogP contribution in [0.1, 0.15) is 5.56 Å². The summed E-state index contributed by atoms with van der Waals surface area (Å²) in [5.74, 6) is 0.488. The van der Waals surface area contributed by atoms with E-state index in [1.165, 1.54) is 36.4 Å². The van der Waals surface area contributed by atoms with Gasteiger partial charge in [-0.05, 0) is 36.4 Å². The van der Waals surface area contributed by atoms with Gasteiger partial charge in [0.1, 0.15) is 4.90 Å². The molecule has 0 amide bonds. The molecule has 0 saturated heterocycles. The fourth-order valence-corrected chi connectivity index (χ4v) is 4.41. The lowest BCUT2D eigenvalue weighted by atomic mass is 10.1. The molecule has 13 nitrogen and oxygen atoms in total. The van der Waals surface area contributed by atoms with Gasteiger partial charge in [-0.2, -0.15) is 5.10 Å². The summed E-state index contributed by atoms with van der Waals surface area (Å²) in [4.78, 5) is 20.8. The summed E-state index contributed by atoms with van der Waals surface area (Å²) < 4.78 is 38.7. The maximum absolute atomic E-state index is 13.0. The number of fused-ring (bicyclic) bond motifs is 1. The highest BCUT2D eigenvalue weighted by molar-refractivity contribution is 7.92. The Morgan fingerprint density at radius 2 is 1.66 bits per heavy atom. The normalized spacial score (nSPS) is 12.5. The number of sulfonamides is 1. The van der Waals surface area contributed by atoms with E-state index >= 15 is 0 Å². The molecule has 180 valence electrons. The molecule has 0 bridgehead atoms. The summed E-state index contributed by atoms with van der Waals surface area (Å²) in [5.41, 5.74) is 1.80. The van der Waals surface area contributed by atoms with Crippen LogP contribution < -0.4 is 19.6 Å². The van der Waals surface area contributed by atoms with Crippen LogP contribution >= 0.6 is 11.6 Å². The molecule has 0 unspecified atom stereocenters. The predicted molar refractivity (Wildman–Crippen MR) is 126 cm³/mol. The molecule has 0 spiro atoms. The SMILES string of the molecule is O=[N+]([O-])c1ccc(N/N=C\c2cc3c(cc2[N+](=O)[O-])OCO3)c(S(=O)(=O)Nc2ccc(Cl)cc2)c1. The van der Waals surface area contributed by atoms with Gasteiger partial charge in [-0.3, -0.25) is 30.4 Å². The number of rotatable bonds is 8. The molecule has 0 atom stereocenters. The summed E-state index contributed by atoms with van der Waals surface area (Å²) in [7, 11) is -4.32. The Hall–Kier alpha value is -4.43. The minimum Gasteiger partial charge on any atom is -0.454 e. The fourth-order valence-electron chi connectivity index (χ4n) is 3.05. The van der Waals surface area contributed by atoms with Crippen molar-refractivity contribution in [2.45, 2.75) is 4.90 Å². The number of nitro groups is 2. The van der Waals surface area contributed by atoms with E-state index in [2.05, 4.69) is 15.2 Å². The molecular formula is C20H14ClN5O8S. The number of halogens is 1. The number of ether oxygens (including phenoxy) is 2. The van der Waals surface area contributed by atoms with Crippen LogP contribution in [0.25, 0.3) is 0 Å². The third-order valence-corrected chi connectivity index (χ3v) is 6.34. The highest BCUT2D eigenvalue weighted by Crippen LogP contribution is 2.37. The first-order valence-corrected chi connectivity index (χ1v) is 11.4. The van der Waals surface area contributed by atoms with E-state index in [1.807, 2.05) is 0 Å². The second-order valence-electron chi connectivity index (χ2n) is 6.94. The monoisotopic (exact) mass is 519 g/mol. The Morgan fingerprint density at radius 1 is 0.971 bits per heavy atom. The van der Waals surface area contributed by atoms with Gasteiger partial charge in [0, 0.05) is 22.8 Å². The zero-order valence-electron chi connectivity index (χ0n) is 17.4. The number of nitrogens with one attached hydrogen (secondary N) is 2. The third-order valence-electron chi connectivity index (χ3n) is 4.67. The smallest absolute Gasteiger partial charge is 0.282 e. The molecule has 0 radical (unpaired) electrons. The molecule has 0 saturated carbocycles. The third kappa shape index (κ3) is 5.23. The van der Waals surface area contributed by atoms with Crippen LogP contribution in [-0.4, -0.2) is 31.3 Å². The molecular weight excluding hydrogens is 506 g/mol. The molecule has 15 heteroatoms. The number of hydrazone groups is 1. The van der Waals surface area contributed by atoms with Crippen LogP contribution in [0, 0.1) is 20.2 Å². The van der Waals surface area contributed by atoms with Crippen LogP contribution in [0.5, 0.6) is 11.5 Å². The standard InChI is InChI=1S/C20H14ClN5O8S/c21-13-1-3-14(4-2-13)24-35(31,32)20-8-15(25(27)28)5-6-16(20)23-22-10-12-7-18-19(34-11-33-18)9-17(12)26(29)30/h1-10,23-24H,11H2/b22-10-. The van der Waals surface area contributed by atoms with Crippen LogP contribution in [0.2, 0.25) is 5.02 Å². The lowest BCUT2D eigenvalue weighted by molar-refractivity contribution is -0.385. The minimum atomic E-state index is -4.32. The van der Waals surface area contributed by atoms with E-state index in [4.69, 9.17) is 21.1 Å². The molecule has 0 aromatic heterocycles. The Bertz CT molecular complexity index is 1460. The van der Waals surface area contributed by atoms with Gasteiger partial charge in [0.2, 0.25) is 6.79 Å². The largest absolute Gasteiger partial charge is 0.454 e. The van der Waals surface area contributed by atoms with Crippen molar-refractivity contribution in [3.05, 3.63) is 85.4 Å². The molecule has 0 aliphatic carbocycles. The zero-order chi connectivity index (χ0) is 25.2. The van der Waals surface area contributed by atoms with Crippen molar-refractivity contribution in [2.24, 2.45) is 5.10 Å². The summed E-state index contributed by atoms with van der Waals surface area (Å²) in [5, 5.41) is 26.9. The Balaban J connectivity index is 1.67. The van der Waals surface area contributed by atoms with Crippen LogP contribution in [0.3, 0.4) is 0 Å². The van der Waals surface area contributed by atoms with Crippen LogP contribution in [0.15, 0.2) is 64.6 Å². The maximum atomic E-state index is 13.0. The fraction of sp³-hybridized carbons (Fsp3) is 0.0500. The molecule has 1 aliphatic rings. The van der Waals surface area contributed by atoms with Gasteiger partial charge in [-0.15, -0.1) is 0 Å². The highest BCUT2D eigenvalue weighted by atomic mass is 35.5. The average Bonchev–Trinajstić information content (AvgIpc) is 3.27. The Kier molecular flexibility index (Phi) is 6.40. The molecule has 3 aromatic rings. The van der Waals surface area contributed by atoms with Crippen molar-refractivity contribution in [3.63, 3.8) is 0 Å². The van der Waals surface area contributed by atoms with E-state index in [9.17, 15) is 28.6 Å². The first kappa shape index (κ1) is 23.7. The van der Waals surface area contributed by atoms with Gasteiger partial charge in [0.15, 0.2) is 11.5 Å². The number of non-ortho nitro benzene ring substituents is 1. The molecule has 1 aliphatic heterocycles. The number of benzene rings is 3. The molecule has 0 fully saturated rings. The molecule has 3 aromatic carbocycles. The van der Waals surface area contributed by atoms with E-state index in [-0.39, 0.29) is 40.9 Å². The Labute approximate surface area is 202 Å². The summed E-state index contributed by atoms with van der Waals surface area (Å²) in [6, 6.07) is 11.4. The predicted octanol–water partition coefficient (Wildman–Crippen LogP) is 4.13. The van der Waals surface area contributed by atoms with Gasteiger partial charge in [0.05, 0.1) is 33.4 Å². The number of anilines is 2. The van der Waals surface area contributed by atoms with Crippen LogP contribution in [-0.2, 0) is 10.0 Å². The van der Waals surface area contributed by atoms with E-state index in [0.29, 0.717) is 5.02 Å². The van der Waals surface area contributed by atoms with Gasteiger partial charge in [-0.1, -0.05) is 11.6 Å². The van der Waals surface area contributed by atoms with Gasteiger partial charge in [0.25, 0.3) is 21.4 Å². The van der Waals surface area contributed by atoms with Crippen molar-refractivity contribution >= 4 is 50.6 Å². The molecule has 4 rings (SSSR count). The van der Waals surface area contributed by atoms with E-state index in [0.717, 1.165) is 24.4 Å². The zero-order valence-corrected chi connectivity index (χ0v) is 18.9. The van der Waals surface area contributed by atoms with Gasteiger partial charge < -0.3 is 9.47 Å². The second-order valence-corrected chi connectivity index (χ2v) is 9.03. The second kappa shape index (κ2) is 9.44. The minimum absolute atomic E-state index is 0.0531. The Morgan fingerprint density at radius 3 is 2.31 bits per heavy atom. The highest BCUT2D eigenvalue weighted by Gasteiger charge is 2.24. The maximum Gasteiger partial charge on any atom is 0.282 e. The summed E-state index contributed by atoms with van der Waals surface area (Å²) >= 11 is 5.82. The van der Waals surface area contributed by atoms with E-state index < -0.39 is 30.5 Å². The van der Waals surface area contributed by atoms with Crippen LogP contribution in [0.4, 0.5) is 22.7 Å². The van der Waals surface area contributed by atoms with Crippen molar-refractivity contribution < 1.29 is 27.7 Å².